The summed E-state index contributed by atoms with van der Waals surface area (Å²) in [4.78, 5) is 0. The molecule has 0 aliphatic carbocycles. The first-order chi connectivity index (χ1) is 13.6. The van der Waals surface area contributed by atoms with E-state index in [4.69, 9.17) is 5.26 Å². The number of nitriles is 1. The highest BCUT2D eigenvalue weighted by Gasteiger charge is 2.38. The van der Waals surface area contributed by atoms with Gasteiger partial charge < -0.3 is 5.32 Å². The minimum atomic E-state index is -5.11. The van der Waals surface area contributed by atoms with Crippen LogP contribution in [0.15, 0.2) is 40.9 Å². The molecule has 0 saturated carbocycles. The monoisotopic (exact) mass is 504 g/mol. The Labute approximate surface area is 172 Å². The predicted octanol–water partition coefficient (Wildman–Crippen LogP) is 6.86. The highest BCUT2D eigenvalue weighted by Crippen LogP contribution is 2.39. The summed E-state index contributed by atoms with van der Waals surface area (Å²) >= 11 is 3.00. The summed E-state index contributed by atoms with van der Waals surface area (Å²) in [6.07, 6.45) is -14.0. The van der Waals surface area contributed by atoms with Crippen LogP contribution in [0.2, 0.25) is 0 Å². The van der Waals surface area contributed by atoms with E-state index in [9.17, 15) is 39.5 Å². The lowest BCUT2D eigenvalue weighted by molar-refractivity contribution is -0.143. The van der Waals surface area contributed by atoms with Crippen molar-refractivity contribution in [3.8, 4) is 6.19 Å². The highest BCUT2D eigenvalue weighted by molar-refractivity contribution is 9.10. The Hall–Kier alpha value is -2.42. The first-order valence-corrected chi connectivity index (χ1v) is 8.72. The molecule has 1 atom stereocenters. The molecule has 0 heterocycles. The molecule has 0 amide bonds. The molecule has 0 aromatic heterocycles. The van der Waals surface area contributed by atoms with E-state index in [0.717, 1.165) is 12.1 Å². The van der Waals surface area contributed by atoms with Gasteiger partial charge in [-0.1, -0.05) is 15.9 Å². The van der Waals surface area contributed by atoms with Crippen LogP contribution in [-0.2, 0) is 24.9 Å². The van der Waals surface area contributed by atoms with Gasteiger partial charge in [-0.05, 0) is 53.9 Å². The lowest BCUT2D eigenvalue weighted by Gasteiger charge is -2.21. The summed E-state index contributed by atoms with van der Waals surface area (Å²) < 4.78 is 117. The number of hydrogen-bond acceptors (Lipinski definition) is 2. The van der Waals surface area contributed by atoms with E-state index in [0.29, 0.717) is 18.2 Å². The summed E-state index contributed by atoms with van der Waals surface area (Å²) in [7, 11) is 0. The van der Waals surface area contributed by atoms with Gasteiger partial charge in [0.15, 0.2) is 6.19 Å². The van der Waals surface area contributed by atoms with E-state index in [1.807, 2.05) is 0 Å². The van der Waals surface area contributed by atoms with Crippen molar-refractivity contribution in [2.75, 3.05) is 0 Å². The fourth-order valence-corrected chi connectivity index (χ4v) is 3.05. The second-order valence-electron chi connectivity index (χ2n) is 6.16. The molecule has 0 saturated heterocycles. The maximum Gasteiger partial charge on any atom is 0.416 e. The van der Waals surface area contributed by atoms with Gasteiger partial charge in [-0.2, -0.15) is 44.8 Å². The number of alkyl halides is 9. The topological polar surface area (TPSA) is 35.8 Å². The summed E-state index contributed by atoms with van der Waals surface area (Å²) in [6.45, 7) is 0. The molecule has 1 unspecified atom stereocenters. The van der Waals surface area contributed by atoms with Crippen molar-refractivity contribution >= 4 is 15.9 Å². The first kappa shape index (κ1) is 23.9. The van der Waals surface area contributed by atoms with Gasteiger partial charge in [0.25, 0.3) is 0 Å². The summed E-state index contributed by atoms with van der Waals surface area (Å²) in [5.74, 6) is 0. The lowest BCUT2D eigenvalue weighted by Crippen LogP contribution is -2.21. The largest absolute Gasteiger partial charge is 0.416 e. The molecule has 12 heteroatoms. The molecule has 2 nitrogen and oxygen atoms in total. The molecule has 1 N–H and O–H groups in total. The third kappa shape index (κ3) is 5.81. The van der Waals surface area contributed by atoms with Gasteiger partial charge in [-0.25, -0.2) is 0 Å². The maximum absolute atomic E-state index is 13.1. The van der Waals surface area contributed by atoms with Gasteiger partial charge in [0, 0.05) is 4.47 Å². The summed E-state index contributed by atoms with van der Waals surface area (Å²) in [5.41, 5.74) is -4.87. The molecular formula is C18H10BrF9N2. The number of nitrogens with zero attached hydrogens (tertiary/aromatic N) is 1. The van der Waals surface area contributed by atoms with Gasteiger partial charge in [-0.15, -0.1) is 0 Å². The van der Waals surface area contributed by atoms with Crippen LogP contribution in [0.5, 0.6) is 0 Å². The second-order valence-corrected chi connectivity index (χ2v) is 7.01. The van der Waals surface area contributed by atoms with Gasteiger partial charge in [0.1, 0.15) is 0 Å². The Kier molecular flexibility index (Phi) is 6.66. The van der Waals surface area contributed by atoms with E-state index in [-0.39, 0.29) is 16.1 Å². The van der Waals surface area contributed by atoms with Gasteiger partial charge >= 0.3 is 18.5 Å². The van der Waals surface area contributed by atoms with E-state index in [2.05, 4.69) is 21.2 Å². The number of benzene rings is 2. The number of nitrogens with one attached hydrogen (secondary N) is 1. The van der Waals surface area contributed by atoms with Crippen molar-refractivity contribution in [3.63, 3.8) is 0 Å². The Morgan fingerprint density at radius 2 is 1.30 bits per heavy atom. The van der Waals surface area contributed by atoms with Crippen molar-refractivity contribution in [1.29, 1.82) is 5.26 Å². The molecule has 0 aliphatic rings. The molecule has 30 heavy (non-hydrogen) atoms. The van der Waals surface area contributed by atoms with Crippen molar-refractivity contribution < 1.29 is 39.5 Å². The number of rotatable bonds is 4. The molecule has 0 fully saturated rings. The SMILES string of the molecule is N#CNC(Cc1cc(C(F)(F)F)ccc1Br)c1cc(C(F)(F)F)cc(C(F)(F)F)c1. The third-order valence-electron chi connectivity index (χ3n) is 4.05. The van der Waals surface area contributed by atoms with Gasteiger partial charge in [0.2, 0.25) is 0 Å². The smallest absolute Gasteiger partial charge is 0.316 e. The van der Waals surface area contributed by atoms with E-state index in [1.54, 1.807) is 0 Å². The summed E-state index contributed by atoms with van der Waals surface area (Å²) in [6, 6.07) is 1.83. The standard InChI is InChI=1S/C18H10BrF9N2/c19-14-2-1-11(16(20,21)22)3-9(14)6-15(30-8-29)10-4-12(17(23,24)25)7-13(5-10)18(26,27)28/h1-5,7,15,30H,6H2. The third-order valence-corrected chi connectivity index (χ3v) is 4.82. The van der Waals surface area contributed by atoms with Crippen LogP contribution in [0.4, 0.5) is 39.5 Å². The zero-order valence-electron chi connectivity index (χ0n) is 14.5. The Morgan fingerprint density at radius 3 is 1.73 bits per heavy atom. The summed E-state index contributed by atoms with van der Waals surface area (Å²) in [5, 5.41) is 10.9. The van der Waals surface area contributed by atoms with Crippen molar-refractivity contribution in [1.82, 2.24) is 5.32 Å². The average Bonchev–Trinajstić information content (AvgIpc) is 2.60. The fraction of sp³-hybridized carbons (Fsp3) is 0.278. The lowest BCUT2D eigenvalue weighted by atomic mass is 9.94. The van der Waals surface area contributed by atoms with Crippen LogP contribution in [0.3, 0.4) is 0 Å². The van der Waals surface area contributed by atoms with Crippen LogP contribution >= 0.6 is 15.9 Å². The van der Waals surface area contributed by atoms with E-state index in [1.165, 1.54) is 6.19 Å². The Bertz CT molecular complexity index is 924. The quantitative estimate of drug-likeness (QED) is 0.280. The van der Waals surface area contributed by atoms with Crippen LogP contribution in [0, 0.1) is 11.5 Å². The van der Waals surface area contributed by atoms with Gasteiger partial charge in [0.05, 0.1) is 22.7 Å². The minimum Gasteiger partial charge on any atom is -0.316 e. The van der Waals surface area contributed by atoms with Crippen molar-refractivity contribution in [2.45, 2.75) is 31.0 Å². The first-order valence-electron chi connectivity index (χ1n) is 7.92. The molecule has 0 spiro atoms. The molecule has 0 bridgehead atoms. The molecule has 0 radical (unpaired) electrons. The van der Waals surface area contributed by atoms with Crippen LogP contribution in [-0.4, -0.2) is 0 Å². The molecule has 2 rings (SSSR count). The molecule has 2 aromatic carbocycles. The van der Waals surface area contributed by atoms with Crippen LogP contribution < -0.4 is 5.32 Å². The zero-order valence-corrected chi connectivity index (χ0v) is 16.1. The highest BCUT2D eigenvalue weighted by atomic mass is 79.9. The Morgan fingerprint density at radius 1 is 0.800 bits per heavy atom. The average molecular weight is 505 g/mol. The normalized spacial score (nSPS) is 13.6. The van der Waals surface area contributed by atoms with E-state index < -0.39 is 53.2 Å². The van der Waals surface area contributed by atoms with Crippen LogP contribution in [0.25, 0.3) is 0 Å². The molecule has 2 aromatic rings. The zero-order chi connectivity index (χ0) is 22.9. The second kappa shape index (κ2) is 8.37. The maximum atomic E-state index is 13.1. The number of hydrogen-bond donors (Lipinski definition) is 1. The van der Waals surface area contributed by atoms with Crippen LogP contribution in [0.1, 0.15) is 33.9 Å². The van der Waals surface area contributed by atoms with Crippen molar-refractivity contribution in [2.24, 2.45) is 0 Å². The Balaban J connectivity index is 2.58. The molecular weight excluding hydrogens is 495 g/mol. The predicted molar refractivity (Wildman–Crippen MR) is 90.8 cm³/mol. The number of halogens is 10. The van der Waals surface area contributed by atoms with E-state index >= 15 is 0 Å². The fourth-order valence-electron chi connectivity index (χ4n) is 2.64. The molecule has 162 valence electrons. The van der Waals surface area contributed by atoms with Crippen molar-refractivity contribution in [3.05, 3.63) is 68.7 Å². The molecule has 0 aliphatic heterocycles. The van der Waals surface area contributed by atoms with Gasteiger partial charge in [-0.3, -0.25) is 0 Å². The minimum absolute atomic E-state index is 0.0662.